The third-order valence-corrected chi connectivity index (χ3v) is 8.42. The van der Waals surface area contributed by atoms with Gasteiger partial charge in [0.05, 0.1) is 27.8 Å². The summed E-state index contributed by atoms with van der Waals surface area (Å²) in [5.74, 6) is 2.80. The maximum atomic E-state index is 4.98. The van der Waals surface area contributed by atoms with Gasteiger partial charge < -0.3 is 9.97 Å². The molecule has 0 aliphatic rings. The molecule has 3 aromatic heterocycles. The van der Waals surface area contributed by atoms with Crippen molar-refractivity contribution >= 4 is 54.0 Å². The monoisotopic (exact) mass is 500 g/mol. The minimum absolute atomic E-state index is 0.349. The van der Waals surface area contributed by atoms with Gasteiger partial charge in [-0.05, 0) is 45.5 Å². The Balaban J connectivity index is 1.38. The number of benzene rings is 4. The molecule has 0 unspecified atom stereocenters. The zero-order valence-electron chi connectivity index (χ0n) is 21.4. The molecule has 3 heterocycles. The van der Waals surface area contributed by atoms with E-state index in [0.29, 0.717) is 11.8 Å². The van der Waals surface area contributed by atoms with Crippen molar-refractivity contribution in [2.75, 3.05) is 0 Å². The lowest BCUT2D eigenvalue weighted by molar-refractivity contribution is 0.795. The molecule has 7 rings (SSSR count). The van der Waals surface area contributed by atoms with E-state index in [4.69, 9.17) is 4.98 Å². The SMILES string of the molecule is CC(C)c1ncc(-c2cc3ccc(-c4ccc5c(c4)c4ccccc4c4nc(C(C)C)[nH]c54)cc3s2)[nH]1. The van der Waals surface area contributed by atoms with E-state index < -0.39 is 0 Å². The topological polar surface area (TPSA) is 57.4 Å². The van der Waals surface area contributed by atoms with Crippen LogP contribution in [0.5, 0.6) is 0 Å². The molecule has 0 aliphatic heterocycles. The van der Waals surface area contributed by atoms with Crippen LogP contribution in [0.15, 0.2) is 72.9 Å². The number of hydrogen-bond donors (Lipinski definition) is 2. The lowest BCUT2D eigenvalue weighted by Crippen LogP contribution is -1.88. The molecule has 7 aromatic rings. The quantitative estimate of drug-likeness (QED) is 0.236. The lowest BCUT2D eigenvalue weighted by Gasteiger charge is -2.09. The zero-order chi connectivity index (χ0) is 25.3. The van der Waals surface area contributed by atoms with Gasteiger partial charge in [-0.25, -0.2) is 9.97 Å². The third-order valence-electron chi connectivity index (χ3n) is 7.29. The van der Waals surface area contributed by atoms with Crippen molar-refractivity contribution in [2.24, 2.45) is 0 Å². The van der Waals surface area contributed by atoms with E-state index in [2.05, 4.69) is 109 Å². The van der Waals surface area contributed by atoms with Crippen molar-refractivity contribution in [3.63, 3.8) is 0 Å². The Bertz CT molecular complexity index is 1950. The molecule has 0 fully saturated rings. The molecule has 0 spiro atoms. The molecule has 0 amide bonds. The van der Waals surface area contributed by atoms with Gasteiger partial charge in [0.15, 0.2) is 0 Å². The average Bonchev–Trinajstić information content (AvgIpc) is 3.66. The Morgan fingerprint density at radius 3 is 2.24 bits per heavy atom. The Morgan fingerprint density at radius 1 is 0.703 bits per heavy atom. The van der Waals surface area contributed by atoms with Gasteiger partial charge >= 0.3 is 0 Å². The van der Waals surface area contributed by atoms with Crippen LogP contribution < -0.4 is 0 Å². The number of rotatable bonds is 4. The second-order valence-electron chi connectivity index (χ2n) is 10.5. The first-order valence-corrected chi connectivity index (χ1v) is 13.7. The summed E-state index contributed by atoms with van der Waals surface area (Å²) >= 11 is 1.81. The summed E-state index contributed by atoms with van der Waals surface area (Å²) in [5, 5.41) is 6.18. The number of fused-ring (bicyclic) bond motifs is 7. The molecule has 0 atom stereocenters. The van der Waals surface area contributed by atoms with E-state index in [1.54, 1.807) is 0 Å². The third kappa shape index (κ3) is 3.57. The van der Waals surface area contributed by atoms with Crippen LogP contribution in [0.1, 0.15) is 51.2 Å². The van der Waals surface area contributed by atoms with Crippen molar-refractivity contribution < 1.29 is 0 Å². The second-order valence-corrected chi connectivity index (χ2v) is 11.6. The number of aromatic amines is 2. The highest BCUT2D eigenvalue weighted by molar-refractivity contribution is 7.22. The summed E-state index contributed by atoms with van der Waals surface area (Å²) in [4.78, 5) is 17.9. The first-order chi connectivity index (χ1) is 18.0. The van der Waals surface area contributed by atoms with Crippen molar-refractivity contribution in [3.8, 4) is 21.7 Å². The zero-order valence-corrected chi connectivity index (χ0v) is 22.2. The van der Waals surface area contributed by atoms with Gasteiger partial charge in [-0.2, -0.15) is 0 Å². The molecule has 0 saturated carbocycles. The number of hydrogen-bond acceptors (Lipinski definition) is 3. The maximum absolute atomic E-state index is 4.98. The van der Waals surface area contributed by atoms with Gasteiger partial charge in [0.1, 0.15) is 11.6 Å². The van der Waals surface area contributed by atoms with Crippen LogP contribution >= 0.6 is 11.3 Å². The summed E-state index contributed by atoms with van der Waals surface area (Å²) in [7, 11) is 0. The Hall–Kier alpha value is -3.96. The molecule has 0 aliphatic carbocycles. The molecule has 2 N–H and O–H groups in total. The Morgan fingerprint density at radius 2 is 1.46 bits per heavy atom. The number of imidazole rings is 2. The number of aromatic nitrogens is 4. The van der Waals surface area contributed by atoms with E-state index in [0.717, 1.165) is 28.4 Å². The first-order valence-electron chi connectivity index (χ1n) is 12.9. The molecule has 37 heavy (non-hydrogen) atoms. The van der Waals surface area contributed by atoms with Crippen LogP contribution in [0.4, 0.5) is 0 Å². The average molecular weight is 501 g/mol. The van der Waals surface area contributed by atoms with Gasteiger partial charge in [-0.15, -0.1) is 11.3 Å². The second kappa shape index (κ2) is 8.29. The van der Waals surface area contributed by atoms with Crippen LogP contribution in [0.3, 0.4) is 0 Å². The summed E-state index contributed by atoms with van der Waals surface area (Å²) in [6, 6.07) is 24.5. The molecular weight excluding hydrogens is 472 g/mol. The highest BCUT2D eigenvalue weighted by atomic mass is 32.1. The van der Waals surface area contributed by atoms with Crippen molar-refractivity contribution in [3.05, 3.63) is 84.6 Å². The molecular formula is C32H28N4S. The predicted molar refractivity (Wildman–Crippen MR) is 158 cm³/mol. The summed E-state index contributed by atoms with van der Waals surface area (Å²) in [6.07, 6.45) is 1.95. The molecule has 4 nitrogen and oxygen atoms in total. The summed E-state index contributed by atoms with van der Waals surface area (Å²) in [6.45, 7) is 8.68. The number of nitrogens with one attached hydrogen (secondary N) is 2. The predicted octanol–water partition coefficient (Wildman–Crippen LogP) is 9.39. The van der Waals surface area contributed by atoms with Crippen LogP contribution in [-0.4, -0.2) is 19.9 Å². The van der Waals surface area contributed by atoms with Gasteiger partial charge in [-0.1, -0.05) is 76.2 Å². The fourth-order valence-electron chi connectivity index (χ4n) is 5.24. The minimum Gasteiger partial charge on any atom is -0.341 e. The standard InChI is InChI=1S/C32H28N4S/c1-17(2)31-33-16-26(34-31)28-15-21-10-9-20(14-27(21)37-28)19-11-12-24-25(13-19)22-7-5-6-8-23(22)29-30(24)36-32(35-29)18(3)4/h5-18H,1-4H3,(H,33,34)(H,35,36). The largest absolute Gasteiger partial charge is 0.341 e. The van der Waals surface area contributed by atoms with Crippen molar-refractivity contribution in [1.82, 2.24) is 19.9 Å². The van der Waals surface area contributed by atoms with E-state index in [1.165, 1.54) is 47.6 Å². The normalized spacial score (nSPS) is 12.3. The summed E-state index contributed by atoms with van der Waals surface area (Å²) in [5.41, 5.74) is 5.73. The number of nitrogens with zero attached hydrogens (tertiary/aromatic N) is 2. The van der Waals surface area contributed by atoms with E-state index in [-0.39, 0.29) is 0 Å². The fourth-order valence-corrected chi connectivity index (χ4v) is 6.31. The van der Waals surface area contributed by atoms with Crippen LogP contribution in [0, 0.1) is 0 Å². The van der Waals surface area contributed by atoms with Crippen LogP contribution in [-0.2, 0) is 0 Å². The molecule has 4 aromatic carbocycles. The van der Waals surface area contributed by atoms with E-state index in [9.17, 15) is 0 Å². The van der Waals surface area contributed by atoms with Gasteiger partial charge in [0.2, 0.25) is 0 Å². The number of thiophene rings is 1. The molecule has 0 radical (unpaired) electrons. The van der Waals surface area contributed by atoms with Crippen molar-refractivity contribution in [2.45, 2.75) is 39.5 Å². The fraction of sp³-hybridized carbons (Fsp3) is 0.188. The maximum Gasteiger partial charge on any atom is 0.109 e. The Labute approximate surface area is 219 Å². The van der Waals surface area contributed by atoms with E-state index >= 15 is 0 Å². The molecule has 182 valence electrons. The van der Waals surface area contributed by atoms with Crippen LogP contribution in [0.25, 0.3) is 64.4 Å². The lowest BCUT2D eigenvalue weighted by atomic mass is 9.95. The summed E-state index contributed by atoms with van der Waals surface area (Å²) < 4.78 is 1.28. The number of H-pyrrole nitrogens is 2. The smallest absolute Gasteiger partial charge is 0.109 e. The molecule has 5 heteroatoms. The van der Waals surface area contributed by atoms with Crippen LogP contribution in [0.2, 0.25) is 0 Å². The van der Waals surface area contributed by atoms with Crippen molar-refractivity contribution in [1.29, 1.82) is 0 Å². The minimum atomic E-state index is 0.349. The molecule has 0 saturated heterocycles. The molecule has 0 bridgehead atoms. The van der Waals surface area contributed by atoms with E-state index in [1.807, 2.05) is 17.5 Å². The first kappa shape index (κ1) is 22.3. The highest BCUT2D eigenvalue weighted by Crippen LogP contribution is 2.39. The highest BCUT2D eigenvalue weighted by Gasteiger charge is 2.16. The Kier molecular flexibility index (Phi) is 4.98. The van der Waals surface area contributed by atoms with Gasteiger partial charge in [-0.3, -0.25) is 0 Å². The van der Waals surface area contributed by atoms with Gasteiger partial charge in [0, 0.05) is 27.3 Å². The van der Waals surface area contributed by atoms with Gasteiger partial charge in [0.25, 0.3) is 0 Å².